The van der Waals surface area contributed by atoms with Gasteiger partial charge in [-0.15, -0.1) is 0 Å². The molecule has 0 aromatic heterocycles. The van der Waals surface area contributed by atoms with Crippen LogP contribution in [-0.2, 0) is 4.74 Å². The summed E-state index contributed by atoms with van der Waals surface area (Å²) in [4.78, 5) is 0. The van der Waals surface area contributed by atoms with Gasteiger partial charge in [0.1, 0.15) is 0 Å². The van der Waals surface area contributed by atoms with Crippen molar-refractivity contribution in [2.24, 2.45) is 0 Å². The van der Waals surface area contributed by atoms with Gasteiger partial charge in [0.05, 0.1) is 6.26 Å². The lowest BCUT2D eigenvalue weighted by Gasteiger charge is -2.07. The van der Waals surface area contributed by atoms with Crippen molar-refractivity contribution in [3.05, 3.63) is 12.8 Å². The summed E-state index contributed by atoms with van der Waals surface area (Å²) in [6.07, 6.45) is 4.67. The zero-order chi connectivity index (χ0) is 7.82. The number of aliphatic hydroxyl groups is 1. The molecular formula is C8H16O2. The lowest BCUT2D eigenvalue weighted by molar-refractivity contribution is -0.0569. The zero-order valence-electron chi connectivity index (χ0n) is 6.55. The molecule has 0 fully saturated rings. The van der Waals surface area contributed by atoms with E-state index in [0.29, 0.717) is 6.42 Å². The van der Waals surface area contributed by atoms with E-state index in [1.54, 1.807) is 0 Å². The molecule has 0 bridgehead atoms. The van der Waals surface area contributed by atoms with E-state index in [0.717, 1.165) is 12.8 Å². The molecule has 0 rings (SSSR count). The van der Waals surface area contributed by atoms with Gasteiger partial charge < -0.3 is 9.84 Å². The SMILES string of the molecule is C=COC(O)CCCCC. The van der Waals surface area contributed by atoms with E-state index in [1.165, 1.54) is 12.7 Å². The first-order valence-electron chi connectivity index (χ1n) is 3.75. The molecule has 0 aliphatic rings. The van der Waals surface area contributed by atoms with Crippen LogP contribution in [0.3, 0.4) is 0 Å². The highest BCUT2D eigenvalue weighted by atomic mass is 16.6. The van der Waals surface area contributed by atoms with Crippen molar-refractivity contribution >= 4 is 0 Å². The normalized spacial score (nSPS) is 12.6. The average Bonchev–Trinajstić information content (AvgIpc) is 1.89. The second kappa shape index (κ2) is 6.62. The van der Waals surface area contributed by atoms with Crippen LogP contribution in [0.2, 0.25) is 0 Å². The molecule has 0 aliphatic heterocycles. The van der Waals surface area contributed by atoms with E-state index in [2.05, 4.69) is 13.5 Å². The minimum absolute atomic E-state index is 0.649. The molecule has 0 spiro atoms. The highest BCUT2D eigenvalue weighted by Gasteiger charge is 1.99. The zero-order valence-corrected chi connectivity index (χ0v) is 6.55. The molecule has 60 valence electrons. The molecule has 0 saturated heterocycles. The molecule has 1 atom stereocenters. The van der Waals surface area contributed by atoms with Gasteiger partial charge in [-0.05, 0) is 6.42 Å². The molecule has 2 heteroatoms. The first kappa shape index (κ1) is 9.50. The van der Waals surface area contributed by atoms with Crippen LogP contribution in [0.1, 0.15) is 32.6 Å². The van der Waals surface area contributed by atoms with Gasteiger partial charge in [-0.3, -0.25) is 0 Å². The molecule has 0 aromatic carbocycles. The van der Waals surface area contributed by atoms with Crippen molar-refractivity contribution in [2.45, 2.75) is 38.9 Å². The number of hydrogen-bond donors (Lipinski definition) is 1. The maximum Gasteiger partial charge on any atom is 0.196 e. The fraction of sp³-hybridized carbons (Fsp3) is 0.750. The van der Waals surface area contributed by atoms with E-state index in [-0.39, 0.29) is 0 Å². The summed E-state index contributed by atoms with van der Waals surface area (Å²) >= 11 is 0. The number of ether oxygens (including phenoxy) is 1. The first-order chi connectivity index (χ1) is 4.81. The molecule has 10 heavy (non-hydrogen) atoms. The molecule has 0 heterocycles. The number of rotatable bonds is 6. The topological polar surface area (TPSA) is 29.5 Å². The van der Waals surface area contributed by atoms with E-state index in [4.69, 9.17) is 9.84 Å². The second-order valence-electron chi connectivity index (χ2n) is 2.25. The Morgan fingerprint density at radius 1 is 1.60 bits per heavy atom. The molecule has 0 aromatic rings. The second-order valence-corrected chi connectivity index (χ2v) is 2.25. The highest BCUT2D eigenvalue weighted by Crippen LogP contribution is 2.03. The monoisotopic (exact) mass is 144 g/mol. The average molecular weight is 144 g/mol. The first-order valence-corrected chi connectivity index (χ1v) is 3.75. The molecule has 2 nitrogen and oxygen atoms in total. The van der Waals surface area contributed by atoms with Crippen LogP contribution in [0.25, 0.3) is 0 Å². The minimum Gasteiger partial charge on any atom is -0.473 e. The summed E-state index contributed by atoms with van der Waals surface area (Å²) in [6.45, 7) is 5.47. The number of unbranched alkanes of at least 4 members (excludes halogenated alkanes) is 2. The molecule has 0 saturated carbocycles. The molecule has 1 unspecified atom stereocenters. The van der Waals surface area contributed by atoms with Gasteiger partial charge in [0.25, 0.3) is 0 Å². The van der Waals surface area contributed by atoms with E-state index < -0.39 is 6.29 Å². The van der Waals surface area contributed by atoms with Gasteiger partial charge in [0, 0.05) is 6.42 Å². The molecule has 0 radical (unpaired) electrons. The Labute approximate surface area is 62.5 Å². The fourth-order valence-electron chi connectivity index (χ4n) is 0.748. The van der Waals surface area contributed by atoms with E-state index >= 15 is 0 Å². The van der Waals surface area contributed by atoms with Gasteiger partial charge in [-0.1, -0.05) is 26.3 Å². The Morgan fingerprint density at radius 2 is 2.30 bits per heavy atom. The van der Waals surface area contributed by atoms with Crippen molar-refractivity contribution < 1.29 is 9.84 Å². The minimum atomic E-state index is -0.649. The predicted octanol–water partition coefficient (Wildman–Crippen LogP) is 2.05. The third-order valence-electron chi connectivity index (χ3n) is 1.31. The van der Waals surface area contributed by atoms with Crippen molar-refractivity contribution in [1.29, 1.82) is 0 Å². The third kappa shape index (κ3) is 5.63. The lowest BCUT2D eigenvalue weighted by Crippen LogP contribution is -2.07. The van der Waals surface area contributed by atoms with Gasteiger partial charge in [-0.2, -0.15) is 0 Å². The van der Waals surface area contributed by atoms with Crippen LogP contribution in [0.5, 0.6) is 0 Å². The summed E-state index contributed by atoms with van der Waals surface area (Å²) in [6, 6.07) is 0. The third-order valence-corrected chi connectivity index (χ3v) is 1.31. The summed E-state index contributed by atoms with van der Waals surface area (Å²) in [5.74, 6) is 0. The standard InChI is InChI=1S/C8H16O2/c1-3-5-6-7-8(9)10-4-2/h4,8-9H,2-3,5-7H2,1H3. The molecule has 0 aliphatic carbocycles. The summed E-state index contributed by atoms with van der Waals surface area (Å²) < 4.78 is 4.71. The van der Waals surface area contributed by atoms with Gasteiger partial charge in [-0.25, -0.2) is 0 Å². The fourth-order valence-corrected chi connectivity index (χ4v) is 0.748. The smallest absolute Gasteiger partial charge is 0.196 e. The van der Waals surface area contributed by atoms with E-state index in [9.17, 15) is 0 Å². The van der Waals surface area contributed by atoms with Crippen LogP contribution in [0.15, 0.2) is 12.8 Å². The Kier molecular flexibility index (Phi) is 6.29. The van der Waals surface area contributed by atoms with Gasteiger partial charge in [0.15, 0.2) is 6.29 Å². The van der Waals surface area contributed by atoms with Crippen LogP contribution in [0, 0.1) is 0 Å². The number of aliphatic hydroxyl groups excluding tert-OH is 1. The van der Waals surface area contributed by atoms with Crippen molar-refractivity contribution in [3.8, 4) is 0 Å². The summed E-state index contributed by atoms with van der Waals surface area (Å²) in [5.41, 5.74) is 0. The Bertz CT molecular complexity index is 81.3. The maximum absolute atomic E-state index is 8.98. The van der Waals surface area contributed by atoms with Gasteiger partial charge in [0.2, 0.25) is 0 Å². The summed E-state index contributed by atoms with van der Waals surface area (Å²) in [7, 11) is 0. The van der Waals surface area contributed by atoms with Crippen molar-refractivity contribution in [1.82, 2.24) is 0 Å². The Morgan fingerprint density at radius 3 is 2.80 bits per heavy atom. The maximum atomic E-state index is 8.98. The Balaban J connectivity index is 3.04. The predicted molar refractivity (Wildman–Crippen MR) is 41.4 cm³/mol. The van der Waals surface area contributed by atoms with E-state index in [1.807, 2.05) is 0 Å². The van der Waals surface area contributed by atoms with Crippen LogP contribution in [0.4, 0.5) is 0 Å². The van der Waals surface area contributed by atoms with Crippen LogP contribution < -0.4 is 0 Å². The van der Waals surface area contributed by atoms with Crippen LogP contribution >= 0.6 is 0 Å². The summed E-state index contributed by atoms with van der Waals surface area (Å²) in [5, 5.41) is 8.98. The molecule has 1 N–H and O–H groups in total. The van der Waals surface area contributed by atoms with Crippen molar-refractivity contribution in [2.75, 3.05) is 0 Å². The molecule has 0 amide bonds. The quantitative estimate of drug-likeness (QED) is 0.351. The van der Waals surface area contributed by atoms with Gasteiger partial charge >= 0.3 is 0 Å². The van der Waals surface area contributed by atoms with Crippen LogP contribution in [-0.4, -0.2) is 11.4 Å². The van der Waals surface area contributed by atoms with Crippen molar-refractivity contribution in [3.63, 3.8) is 0 Å². The molecular weight excluding hydrogens is 128 g/mol. The highest BCUT2D eigenvalue weighted by molar-refractivity contribution is 4.52. The largest absolute Gasteiger partial charge is 0.473 e. The number of hydrogen-bond acceptors (Lipinski definition) is 2. The Hall–Kier alpha value is -0.500. The lowest BCUT2D eigenvalue weighted by atomic mass is 10.2.